The van der Waals surface area contributed by atoms with Crippen molar-refractivity contribution in [2.75, 3.05) is 0 Å². The molecule has 0 amide bonds. The molecule has 0 saturated heterocycles. The largest absolute Gasteiger partial charge is 0.295 e. The Hall–Kier alpha value is -1.97. The molecular weight excluding hydrogens is 204 g/mol. The molecular formula is C12H16N2O2. The van der Waals surface area contributed by atoms with Gasteiger partial charge in [0.25, 0.3) is 5.70 Å². The third-order valence-electron chi connectivity index (χ3n) is 1.66. The Labute approximate surface area is 94.8 Å². The Morgan fingerprint density at radius 3 is 2.62 bits per heavy atom. The van der Waals surface area contributed by atoms with Crippen molar-refractivity contribution in [1.82, 2.24) is 4.98 Å². The molecule has 0 aliphatic rings. The molecule has 0 atom stereocenters. The third kappa shape index (κ3) is 3.65. The summed E-state index contributed by atoms with van der Waals surface area (Å²) in [4.78, 5) is 14.2. The number of nitro groups is 1. The van der Waals surface area contributed by atoms with Gasteiger partial charge in [0.05, 0.1) is 4.92 Å². The first-order valence-electron chi connectivity index (χ1n) is 5.08. The van der Waals surface area contributed by atoms with Gasteiger partial charge in [0, 0.05) is 17.5 Å². The Bertz CT molecular complexity index is 478. The molecule has 0 radical (unpaired) electrons. The average molecular weight is 220 g/mol. The second kappa shape index (κ2) is 7.34. The molecule has 4 heteroatoms. The molecule has 0 saturated carbocycles. The van der Waals surface area contributed by atoms with Gasteiger partial charge in [0.15, 0.2) is 0 Å². The maximum Gasteiger partial charge on any atom is 0.295 e. The molecule has 1 heterocycles. The smallest absolute Gasteiger partial charge is 0.258 e. The summed E-state index contributed by atoms with van der Waals surface area (Å²) in [7, 11) is 0. The lowest BCUT2D eigenvalue weighted by molar-refractivity contribution is -0.375. The molecule has 16 heavy (non-hydrogen) atoms. The van der Waals surface area contributed by atoms with Crippen molar-refractivity contribution in [3.8, 4) is 0 Å². The molecule has 0 spiro atoms. The van der Waals surface area contributed by atoms with Crippen LogP contribution in [0, 0.1) is 10.1 Å². The van der Waals surface area contributed by atoms with Gasteiger partial charge in [-0.1, -0.05) is 32.6 Å². The lowest BCUT2D eigenvalue weighted by Gasteiger charge is -1.91. The second-order valence-electron chi connectivity index (χ2n) is 2.65. The second-order valence-corrected chi connectivity index (χ2v) is 2.65. The molecule has 0 aliphatic heterocycles. The summed E-state index contributed by atoms with van der Waals surface area (Å²) in [5.74, 6) is 0. The van der Waals surface area contributed by atoms with Gasteiger partial charge in [-0.05, 0) is 13.0 Å². The SMILES string of the molecule is C=c1cccn/c1=C(/C=C\C)[N+](=O)[O-].CC. The van der Waals surface area contributed by atoms with Crippen LogP contribution in [0.3, 0.4) is 0 Å². The molecule has 4 nitrogen and oxygen atoms in total. The summed E-state index contributed by atoms with van der Waals surface area (Å²) in [6.45, 7) is 9.40. The number of pyridine rings is 1. The number of aromatic nitrogens is 1. The molecule has 0 bridgehead atoms. The van der Waals surface area contributed by atoms with Crippen molar-refractivity contribution in [2.45, 2.75) is 20.8 Å². The van der Waals surface area contributed by atoms with E-state index in [0.717, 1.165) is 0 Å². The number of nitrogens with zero attached hydrogens (tertiary/aromatic N) is 2. The van der Waals surface area contributed by atoms with Crippen molar-refractivity contribution in [2.24, 2.45) is 0 Å². The quantitative estimate of drug-likeness (QED) is 0.560. The lowest BCUT2D eigenvalue weighted by atomic mass is 10.3. The molecule has 0 N–H and O–H groups in total. The first kappa shape index (κ1) is 14.0. The van der Waals surface area contributed by atoms with E-state index >= 15 is 0 Å². The minimum absolute atomic E-state index is 0.0295. The Balaban J connectivity index is 0.00000106. The van der Waals surface area contributed by atoms with E-state index in [1.165, 1.54) is 12.3 Å². The lowest BCUT2D eigenvalue weighted by Crippen LogP contribution is -2.30. The highest BCUT2D eigenvalue weighted by Gasteiger charge is 2.07. The predicted molar refractivity (Wildman–Crippen MR) is 65.6 cm³/mol. The maximum atomic E-state index is 10.7. The van der Waals surface area contributed by atoms with E-state index in [0.29, 0.717) is 10.6 Å². The summed E-state index contributed by atoms with van der Waals surface area (Å²) >= 11 is 0. The fourth-order valence-electron chi connectivity index (χ4n) is 1.05. The number of rotatable bonds is 2. The minimum atomic E-state index is -0.461. The maximum absolute atomic E-state index is 10.7. The Kier molecular flexibility index (Phi) is 6.43. The van der Waals surface area contributed by atoms with Gasteiger partial charge in [-0.3, -0.25) is 10.1 Å². The topological polar surface area (TPSA) is 56.0 Å². The van der Waals surface area contributed by atoms with E-state index < -0.39 is 4.92 Å². The van der Waals surface area contributed by atoms with Gasteiger partial charge < -0.3 is 0 Å². The third-order valence-corrected chi connectivity index (χ3v) is 1.66. The summed E-state index contributed by atoms with van der Waals surface area (Å²) in [5, 5.41) is 11.6. The van der Waals surface area contributed by atoms with Gasteiger partial charge in [-0.2, -0.15) is 0 Å². The van der Waals surface area contributed by atoms with Gasteiger partial charge in [-0.25, -0.2) is 4.98 Å². The van der Waals surface area contributed by atoms with Crippen LogP contribution >= 0.6 is 0 Å². The number of allylic oxidation sites excluding steroid dienone is 1. The van der Waals surface area contributed by atoms with Crippen LogP contribution in [0.4, 0.5) is 0 Å². The van der Waals surface area contributed by atoms with Gasteiger partial charge >= 0.3 is 0 Å². The monoisotopic (exact) mass is 220 g/mol. The highest BCUT2D eigenvalue weighted by Crippen LogP contribution is 1.94. The zero-order valence-electron chi connectivity index (χ0n) is 9.80. The highest BCUT2D eigenvalue weighted by molar-refractivity contribution is 5.46. The van der Waals surface area contributed by atoms with Crippen molar-refractivity contribution < 1.29 is 4.92 Å². The van der Waals surface area contributed by atoms with E-state index in [-0.39, 0.29) is 5.70 Å². The molecule has 0 aromatic carbocycles. The molecule has 1 rings (SSSR count). The predicted octanol–water partition coefficient (Wildman–Crippen LogP) is 1.48. The van der Waals surface area contributed by atoms with Gasteiger partial charge in [0.2, 0.25) is 0 Å². The molecule has 1 aromatic rings. The molecule has 1 aromatic heterocycles. The van der Waals surface area contributed by atoms with Crippen molar-refractivity contribution in [1.29, 1.82) is 0 Å². The van der Waals surface area contributed by atoms with Crippen molar-refractivity contribution >= 4 is 12.3 Å². The van der Waals surface area contributed by atoms with Crippen molar-refractivity contribution in [3.05, 3.63) is 51.2 Å². The van der Waals surface area contributed by atoms with Crippen LogP contribution in [0.15, 0.2) is 30.5 Å². The van der Waals surface area contributed by atoms with Crippen LogP contribution in [0.5, 0.6) is 0 Å². The fourth-order valence-corrected chi connectivity index (χ4v) is 1.05. The summed E-state index contributed by atoms with van der Waals surface area (Å²) in [6, 6.07) is 3.38. The van der Waals surface area contributed by atoms with Crippen LogP contribution in [0.2, 0.25) is 0 Å². The molecule has 0 fully saturated rings. The van der Waals surface area contributed by atoms with Crippen LogP contribution in [-0.4, -0.2) is 9.91 Å². The summed E-state index contributed by atoms with van der Waals surface area (Å²) in [5.41, 5.74) is -0.0295. The number of hydrogen-bond donors (Lipinski definition) is 0. The first-order chi connectivity index (χ1) is 7.66. The van der Waals surface area contributed by atoms with Gasteiger partial charge in [0.1, 0.15) is 5.35 Å². The normalized spacial score (nSPS) is 11.7. The van der Waals surface area contributed by atoms with Gasteiger partial charge in [-0.15, -0.1) is 0 Å². The molecule has 0 unspecified atom stereocenters. The number of hydrogen-bond acceptors (Lipinski definition) is 3. The minimum Gasteiger partial charge on any atom is -0.258 e. The highest BCUT2D eigenvalue weighted by atomic mass is 16.6. The van der Waals surface area contributed by atoms with E-state index in [2.05, 4.69) is 11.6 Å². The van der Waals surface area contributed by atoms with Crippen LogP contribution in [0.1, 0.15) is 20.8 Å². The molecule has 0 aliphatic carbocycles. The van der Waals surface area contributed by atoms with Crippen LogP contribution in [0.25, 0.3) is 12.3 Å². The first-order valence-corrected chi connectivity index (χ1v) is 5.08. The van der Waals surface area contributed by atoms with E-state index in [1.54, 1.807) is 25.1 Å². The fraction of sp³-hybridized carbons (Fsp3) is 0.250. The van der Waals surface area contributed by atoms with E-state index in [4.69, 9.17) is 0 Å². The van der Waals surface area contributed by atoms with E-state index in [1.807, 2.05) is 13.8 Å². The average Bonchev–Trinajstić information content (AvgIpc) is 2.29. The van der Waals surface area contributed by atoms with E-state index in [9.17, 15) is 10.1 Å². The van der Waals surface area contributed by atoms with Crippen molar-refractivity contribution in [3.63, 3.8) is 0 Å². The zero-order valence-corrected chi connectivity index (χ0v) is 9.80. The summed E-state index contributed by atoms with van der Waals surface area (Å²) < 4.78 is 0. The Morgan fingerprint density at radius 1 is 1.56 bits per heavy atom. The zero-order chi connectivity index (χ0) is 12.6. The summed E-state index contributed by atoms with van der Waals surface area (Å²) in [6.07, 6.45) is 4.53. The molecule has 86 valence electrons. The Morgan fingerprint density at radius 2 is 2.19 bits per heavy atom. The van der Waals surface area contributed by atoms with Crippen LogP contribution < -0.4 is 10.6 Å². The van der Waals surface area contributed by atoms with Crippen LogP contribution in [-0.2, 0) is 0 Å². The standard InChI is InChI=1S/C10H10N2O2.C2H6/c1-3-5-9(12(13)14)10-8(2)6-4-7-11-10;1-2/h3-7H,2H2,1H3;1-2H3/b5-3-,10-9-;.